The van der Waals surface area contributed by atoms with Crippen molar-refractivity contribution in [2.24, 2.45) is 10.9 Å². The van der Waals surface area contributed by atoms with Gasteiger partial charge in [-0.25, -0.2) is 0 Å². The number of benzene rings is 7. The second-order valence-corrected chi connectivity index (χ2v) is 13.5. The van der Waals surface area contributed by atoms with Crippen molar-refractivity contribution >= 4 is 63.0 Å². The summed E-state index contributed by atoms with van der Waals surface area (Å²) in [6.07, 6.45) is 6.41. The Balaban J connectivity index is 1.23. The van der Waals surface area contributed by atoms with E-state index in [-0.39, 0.29) is 0 Å². The van der Waals surface area contributed by atoms with Crippen LogP contribution in [0.1, 0.15) is 30.9 Å². The summed E-state index contributed by atoms with van der Waals surface area (Å²) in [7, 11) is 0. The Morgan fingerprint density at radius 3 is 1.96 bits per heavy atom. The van der Waals surface area contributed by atoms with Crippen LogP contribution in [0.15, 0.2) is 174 Å². The van der Waals surface area contributed by atoms with E-state index in [2.05, 4.69) is 151 Å². The summed E-state index contributed by atoms with van der Waals surface area (Å²) in [5.41, 5.74) is 9.60. The fraction of sp³-hybridized carbons (Fsp3) is 0.109. The third-order valence-electron chi connectivity index (χ3n) is 9.89. The van der Waals surface area contributed by atoms with E-state index >= 15 is 0 Å². The molecule has 0 aromatic heterocycles. The number of hydrogen-bond acceptors (Lipinski definition) is 3. The fourth-order valence-corrected chi connectivity index (χ4v) is 7.60. The molecule has 1 aliphatic carbocycles. The molecule has 0 N–H and O–H groups in total. The molecule has 2 atom stereocenters. The van der Waals surface area contributed by atoms with Crippen LogP contribution >= 0.6 is 12.6 Å². The van der Waals surface area contributed by atoms with Crippen LogP contribution in [0.5, 0.6) is 0 Å². The van der Waals surface area contributed by atoms with Gasteiger partial charge < -0.3 is 4.90 Å². The van der Waals surface area contributed by atoms with Gasteiger partial charge in [-0.2, -0.15) is 0 Å². The molecule has 0 spiro atoms. The summed E-state index contributed by atoms with van der Waals surface area (Å²) in [6, 6.07) is 56.7. The summed E-state index contributed by atoms with van der Waals surface area (Å²) in [5.74, 6) is 0.451. The Labute approximate surface area is 294 Å². The number of aliphatic imine (C=N–C) groups is 1. The second kappa shape index (κ2) is 13.6. The van der Waals surface area contributed by atoms with Gasteiger partial charge in [0, 0.05) is 33.9 Å². The number of fused-ring (bicyclic) bond motifs is 3. The summed E-state index contributed by atoms with van der Waals surface area (Å²) < 4.78 is 0. The smallest absolute Gasteiger partial charge is 0.0847 e. The highest BCUT2D eigenvalue weighted by molar-refractivity contribution is 7.80. The van der Waals surface area contributed by atoms with Crippen molar-refractivity contribution < 1.29 is 0 Å². The summed E-state index contributed by atoms with van der Waals surface area (Å²) in [4.78, 5) is 8.43. The van der Waals surface area contributed by atoms with Crippen molar-refractivity contribution in [1.82, 2.24) is 0 Å². The predicted octanol–water partition coefficient (Wildman–Crippen LogP) is 12.7. The molecule has 7 aromatic rings. The molecule has 2 unspecified atom stereocenters. The van der Waals surface area contributed by atoms with Gasteiger partial charge in [-0.05, 0) is 93.1 Å². The molecular weight excluding hydrogens is 613 g/mol. The number of thiol groups is 1. The largest absolute Gasteiger partial charge is 0.338 e. The Hall–Kier alpha value is -5.38. The van der Waals surface area contributed by atoms with E-state index in [1.54, 1.807) is 0 Å². The molecule has 238 valence electrons. The second-order valence-electron chi connectivity index (χ2n) is 13.0. The van der Waals surface area contributed by atoms with Gasteiger partial charge in [-0.1, -0.05) is 140 Å². The first-order chi connectivity index (χ1) is 24.1. The standard InChI is InChI=1S/C46H38N2S/c1-32-29-38(35-15-9-4-10-16-35)21-27-43(32)48(40-23-19-36(20-24-40)34-13-7-3-8-14-34)41-25-26-42-39(30-41)18-17-37-22-28-44(49)46(45(37)42)47-31-33-11-5-2-6-12-33/h2-26,28,30-32,43,49H,27,29H2,1H3/b47-31+. The topological polar surface area (TPSA) is 15.6 Å². The van der Waals surface area contributed by atoms with Crippen molar-refractivity contribution in [3.63, 3.8) is 0 Å². The van der Waals surface area contributed by atoms with E-state index in [9.17, 15) is 0 Å². The average Bonchev–Trinajstić information content (AvgIpc) is 3.16. The minimum atomic E-state index is 0.308. The number of rotatable bonds is 7. The Kier molecular flexibility index (Phi) is 8.60. The van der Waals surface area contributed by atoms with Gasteiger partial charge in [0.15, 0.2) is 0 Å². The molecule has 49 heavy (non-hydrogen) atoms. The van der Waals surface area contributed by atoms with Crippen molar-refractivity contribution in [3.8, 4) is 11.1 Å². The molecule has 0 saturated heterocycles. The van der Waals surface area contributed by atoms with Gasteiger partial charge in [-0.3, -0.25) is 4.99 Å². The molecule has 3 heteroatoms. The highest BCUT2D eigenvalue weighted by atomic mass is 32.1. The molecule has 0 radical (unpaired) electrons. The number of hydrogen-bond donors (Lipinski definition) is 1. The lowest BCUT2D eigenvalue weighted by molar-refractivity contribution is 0.447. The normalized spacial score (nSPS) is 16.2. The van der Waals surface area contributed by atoms with Crippen LogP contribution in [0.2, 0.25) is 0 Å². The van der Waals surface area contributed by atoms with Gasteiger partial charge in [-0.15, -0.1) is 12.6 Å². The minimum Gasteiger partial charge on any atom is -0.338 e. The molecule has 7 aromatic carbocycles. The van der Waals surface area contributed by atoms with Gasteiger partial charge in [0.2, 0.25) is 0 Å². The van der Waals surface area contributed by atoms with Gasteiger partial charge in [0.25, 0.3) is 0 Å². The zero-order valence-corrected chi connectivity index (χ0v) is 28.5. The van der Waals surface area contributed by atoms with Gasteiger partial charge in [0.05, 0.1) is 5.69 Å². The maximum atomic E-state index is 4.99. The molecule has 1 aliphatic rings. The number of nitrogens with zero attached hydrogens (tertiary/aromatic N) is 2. The molecule has 0 heterocycles. The molecule has 0 fully saturated rings. The first-order valence-corrected chi connectivity index (χ1v) is 17.5. The predicted molar refractivity (Wildman–Crippen MR) is 213 cm³/mol. The molecule has 0 aliphatic heterocycles. The van der Waals surface area contributed by atoms with E-state index in [1.165, 1.54) is 44.4 Å². The van der Waals surface area contributed by atoms with E-state index in [4.69, 9.17) is 17.6 Å². The summed E-state index contributed by atoms with van der Waals surface area (Å²) >= 11 is 4.87. The minimum absolute atomic E-state index is 0.308. The molecular formula is C46H38N2S. The summed E-state index contributed by atoms with van der Waals surface area (Å²) in [6.45, 7) is 2.41. The molecule has 0 bridgehead atoms. The highest BCUT2D eigenvalue weighted by Crippen LogP contribution is 2.43. The van der Waals surface area contributed by atoms with Crippen LogP contribution in [0.3, 0.4) is 0 Å². The van der Waals surface area contributed by atoms with Crippen molar-refractivity contribution in [3.05, 3.63) is 175 Å². The van der Waals surface area contributed by atoms with E-state index in [1.807, 2.05) is 30.5 Å². The zero-order chi connectivity index (χ0) is 33.2. The van der Waals surface area contributed by atoms with Crippen LogP contribution in [0.4, 0.5) is 17.1 Å². The van der Waals surface area contributed by atoms with Crippen LogP contribution in [0.25, 0.3) is 38.2 Å². The first kappa shape index (κ1) is 30.9. The molecule has 0 amide bonds. The Morgan fingerprint density at radius 1 is 0.633 bits per heavy atom. The van der Waals surface area contributed by atoms with E-state index in [0.717, 1.165) is 39.8 Å². The lowest BCUT2D eigenvalue weighted by Gasteiger charge is -2.40. The molecule has 2 nitrogen and oxygen atoms in total. The third-order valence-corrected chi connectivity index (χ3v) is 10.3. The van der Waals surface area contributed by atoms with Gasteiger partial charge >= 0.3 is 0 Å². The SMILES string of the molecule is CC1CC(c2ccccc2)=CCC1N(c1ccc(-c2ccccc2)cc1)c1ccc2c(ccc3ccc(S)c(/N=C/c4ccccc4)c32)c1. The van der Waals surface area contributed by atoms with Crippen LogP contribution < -0.4 is 4.90 Å². The lowest BCUT2D eigenvalue weighted by atomic mass is 9.82. The highest BCUT2D eigenvalue weighted by Gasteiger charge is 2.30. The van der Waals surface area contributed by atoms with Crippen molar-refractivity contribution in [1.29, 1.82) is 0 Å². The number of anilines is 2. The van der Waals surface area contributed by atoms with E-state index in [0.29, 0.717) is 12.0 Å². The van der Waals surface area contributed by atoms with Crippen molar-refractivity contribution in [2.75, 3.05) is 4.90 Å². The van der Waals surface area contributed by atoms with Crippen LogP contribution in [-0.2, 0) is 0 Å². The quantitative estimate of drug-likeness (QED) is 0.103. The maximum absolute atomic E-state index is 4.99. The first-order valence-electron chi connectivity index (χ1n) is 17.1. The van der Waals surface area contributed by atoms with Crippen LogP contribution in [-0.4, -0.2) is 12.3 Å². The molecule has 8 rings (SSSR count). The van der Waals surface area contributed by atoms with Gasteiger partial charge in [0.1, 0.15) is 0 Å². The lowest BCUT2D eigenvalue weighted by Crippen LogP contribution is -2.38. The zero-order valence-electron chi connectivity index (χ0n) is 27.6. The monoisotopic (exact) mass is 650 g/mol. The van der Waals surface area contributed by atoms with Crippen molar-refractivity contribution in [2.45, 2.75) is 30.7 Å². The third kappa shape index (κ3) is 6.30. The van der Waals surface area contributed by atoms with E-state index < -0.39 is 0 Å². The van der Waals surface area contributed by atoms with Crippen LogP contribution in [0, 0.1) is 5.92 Å². The fourth-order valence-electron chi connectivity index (χ4n) is 7.36. The number of allylic oxidation sites excluding steroid dienone is 1. The Morgan fingerprint density at radius 2 is 1.24 bits per heavy atom. The average molecular weight is 651 g/mol. The Bertz CT molecular complexity index is 2290. The summed E-state index contributed by atoms with van der Waals surface area (Å²) in [5, 5.41) is 4.66. The molecule has 0 saturated carbocycles. The maximum Gasteiger partial charge on any atom is 0.0847 e.